The summed E-state index contributed by atoms with van der Waals surface area (Å²) >= 11 is 0. The molecule has 18 heavy (non-hydrogen) atoms. The molecule has 0 unspecified atom stereocenters. The second-order valence-corrected chi connectivity index (χ2v) is 4.98. The van der Waals surface area contributed by atoms with Crippen LogP contribution in [0.25, 0.3) is 0 Å². The first-order chi connectivity index (χ1) is 8.56. The first kappa shape index (κ1) is 13.0. The van der Waals surface area contributed by atoms with Gasteiger partial charge in [-0.15, -0.1) is 0 Å². The smallest absolute Gasteiger partial charge is 0.404 e. The molecule has 1 heterocycles. The third-order valence-electron chi connectivity index (χ3n) is 3.60. The highest BCUT2D eigenvalue weighted by Crippen LogP contribution is 2.24. The highest BCUT2D eigenvalue weighted by molar-refractivity contribution is 5.17. The van der Waals surface area contributed by atoms with Crippen LogP contribution in [0.3, 0.4) is 0 Å². The summed E-state index contributed by atoms with van der Waals surface area (Å²) in [6, 6.07) is 3.90. The summed E-state index contributed by atoms with van der Waals surface area (Å²) in [6.45, 7) is 0.605. The van der Waals surface area contributed by atoms with Crippen molar-refractivity contribution in [3.63, 3.8) is 0 Å². The van der Waals surface area contributed by atoms with Crippen molar-refractivity contribution >= 4 is 5.88 Å². The second kappa shape index (κ2) is 5.49. The summed E-state index contributed by atoms with van der Waals surface area (Å²) < 4.78 is 5.16. The molecular weight excluding hydrogens is 234 g/mol. The van der Waals surface area contributed by atoms with Crippen LogP contribution in [0.4, 0.5) is 5.88 Å². The van der Waals surface area contributed by atoms with Gasteiger partial charge < -0.3 is 10.2 Å². The van der Waals surface area contributed by atoms with E-state index in [9.17, 15) is 10.1 Å². The van der Waals surface area contributed by atoms with E-state index in [1.807, 2.05) is 7.05 Å². The molecule has 2 rings (SSSR count). The van der Waals surface area contributed by atoms with Gasteiger partial charge in [0.2, 0.25) is 0 Å². The molecule has 1 fully saturated rings. The lowest BCUT2D eigenvalue weighted by molar-refractivity contribution is -0.402. The summed E-state index contributed by atoms with van der Waals surface area (Å²) in [5, 5.41) is 10.5. The monoisotopic (exact) mass is 253 g/mol. The largest absolute Gasteiger partial charge is 0.433 e. The molecule has 0 atom stereocenters. The van der Waals surface area contributed by atoms with Crippen LogP contribution in [-0.4, -0.2) is 29.0 Å². The highest BCUT2D eigenvalue weighted by atomic mass is 16.6. The lowest BCUT2D eigenvalue weighted by Gasteiger charge is -2.32. The van der Waals surface area contributed by atoms with Crippen LogP contribution in [0, 0.1) is 10.1 Å². The SMILES string of the molecule is CN(Cc1ccc([N+](=O)[O-])o1)C1CCC(N)CC1. The Balaban J connectivity index is 1.90. The third kappa shape index (κ3) is 3.08. The van der Waals surface area contributed by atoms with E-state index in [1.54, 1.807) is 6.07 Å². The van der Waals surface area contributed by atoms with E-state index in [2.05, 4.69) is 4.90 Å². The Morgan fingerprint density at radius 1 is 1.44 bits per heavy atom. The number of nitrogens with zero attached hydrogens (tertiary/aromatic N) is 2. The fourth-order valence-corrected chi connectivity index (χ4v) is 2.47. The zero-order valence-electron chi connectivity index (χ0n) is 10.5. The van der Waals surface area contributed by atoms with Gasteiger partial charge in [0.05, 0.1) is 12.6 Å². The Labute approximate surface area is 106 Å². The van der Waals surface area contributed by atoms with Crippen molar-refractivity contribution in [1.29, 1.82) is 0 Å². The molecule has 0 aliphatic heterocycles. The fourth-order valence-electron chi connectivity index (χ4n) is 2.47. The van der Waals surface area contributed by atoms with Gasteiger partial charge in [0.15, 0.2) is 0 Å². The first-order valence-electron chi connectivity index (χ1n) is 6.25. The molecule has 2 N–H and O–H groups in total. The van der Waals surface area contributed by atoms with Gasteiger partial charge >= 0.3 is 5.88 Å². The van der Waals surface area contributed by atoms with E-state index in [0.29, 0.717) is 24.4 Å². The summed E-state index contributed by atoms with van der Waals surface area (Å²) in [4.78, 5) is 12.2. The molecule has 1 saturated carbocycles. The lowest BCUT2D eigenvalue weighted by Crippen LogP contribution is -2.38. The van der Waals surface area contributed by atoms with E-state index in [1.165, 1.54) is 6.07 Å². The Hall–Kier alpha value is -1.40. The first-order valence-corrected chi connectivity index (χ1v) is 6.25. The molecule has 6 heteroatoms. The quantitative estimate of drug-likeness (QED) is 0.654. The number of hydrogen-bond acceptors (Lipinski definition) is 5. The van der Waals surface area contributed by atoms with Crippen LogP contribution in [0.15, 0.2) is 16.5 Å². The highest BCUT2D eigenvalue weighted by Gasteiger charge is 2.23. The Morgan fingerprint density at radius 2 is 2.11 bits per heavy atom. The van der Waals surface area contributed by atoms with Crippen molar-refractivity contribution in [2.75, 3.05) is 7.05 Å². The molecule has 0 spiro atoms. The summed E-state index contributed by atoms with van der Waals surface area (Å²) in [5.41, 5.74) is 5.87. The molecule has 0 saturated heterocycles. The van der Waals surface area contributed by atoms with Crippen LogP contribution in [0.5, 0.6) is 0 Å². The molecule has 0 aromatic carbocycles. The van der Waals surface area contributed by atoms with Crippen molar-refractivity contribution in [2.24, 2.45) is 5.73 Å². The topological polar surface area (TPSA) is 85.5 Å². The molecule has 0 bridgehead atoms. The van der Waals surface area contributed by atoms with Gasteiger partial charge in [-0.1, -0.05) is 0 Å². The van der Waals surface area contributed by atoms with Gasteiger partial charge in [0, 0.05) is 12.1 Å². The zero-order chi connectivity index (χ0) is 13.1. The zero-order valence-corrected chi connectivity index (χ0v) is 10.5. The van der Waals surface area contributed by atoms with E-state index < -0.39 is 4.92 Å². The van der Waals surface area contributed by atoms with E-state index >= 15 is 0 Å². The van der Waals surface area contributed by atoms with Crippen LogP contribution in [-0.2, 0) is 6.54 Å². The predicted molar refractivity (Wildman–Crippen MR) is 67.1 cm³/mol. The molecular formula is C12H19N3O3. The van der Waals surface area contributed by atoms with Crippen LogP contribution in [0.1, 0.15) is 31.4 Å². The summed E-state index contributed by atoms with van der Waals surface area (Å²) in [7, 11) is 2.02. The number of nitrogens with two attached hydrogens (primary N) is 1. The maximum absolute atomic E-state index is 10.5. The van der Waals surface area contributed by atoms with E-state index in [4.69, 9.17) is 10.2 Å². The molecule has 1 aliphatic carbocycles. The van der Waals surface area contributed by atoms with Crippen LogP contribution < -0.4 is 5.73 Å². The molecule has 0 radical (unpaired) electrons. The molecule has 0 amide bonds. The van der Waals surface area contributed by atoms with Gasteiger partial charge in [0.1, 0.15) is 10.7 Å². The van der Waals surface area contributed by atoms with E-state index in [0.717, 1.165) is 25.7 Å². The van der Waals surface area contributed by atoms with Crippen molar-refractivity contribution in [3.8, 4) is 0 Å². The number of nitro groups is 1. The number of rotatable bonds is 4. The van der Waals surface area contributed by atoms with E-state index in [-0.39, 0.29) is 5.88 Å². The minimum Gasteiger partial charge on any atom is -0.404 e. The van der Waals surface area contributed by atoms with Crippen molar-refractivity contribution in [1.82, 2.24) is 4.90 Å². The Bertz CT molecular complexity index is 410. The molecule has 100 valence electrons. The summed E-state index contributed by atoms with van der Waals surface area (Å²) in [6.07, 6.45) is 4.27. The van der Waals surface area contributed by atoms with Crippen molar-refractivity contribution < 1.29 is 9.34 Å². The van der Waals surface area contributed by atoms with Gasteiger partial charge in [-0.3, -0.25) is 15.0 Å². The average molecular weight is 253 g/mol. The van der Waals surface area contributed by atoms with Gasteiger partial charge in [0.25, 0.3) is 0 Å². The molecule has 1 aromatic rings. The molecule has 1 aliphatic rings. The molecule has 6 nitrogen and oxygen atoms in total. The normalized spacial score (nSPS) is 24.4. The fraction of sp³-hybridized carbons (Fsp3) is 0.667. The predicted octanol–water partition coefficient (Wildman–Crippen LogP) is 1.89. The average Bonchev–Trinajstić information content (AvgIpc) is 2.78. The van der Waals surface area contributed by atoms with Gasteiger partial charge in [-0.05, 0) is 38.8 Å². The molecule has 1 aromatic heterocycles. The minimum absolute atomic E-state index is 0.191. The number of furan rings is 1. The maximum Gasteiger partial charge on any atom is 0.433 e. The Kier molecular flexibility index (Phi) is 3.98. The van der Waals surface area contributed by atoms with Gasteiger partial charge in [-0.2, -0.15) is 0 Å². The maximum atomic E-state index is 10.5. The number of hydrogen-bond donors (Lipinski definition) is 1. The Morgan fingerprint density at radius 3 is 2.67 bits per heavy atom. The second-order valence-electron chi connectivity index (χ2n) is 4.98. The summed E-state index contributed by atoms with van der Waals surface area (Å²) in [5.74, 6) is 0.447. The minimum atomic E-state index is -0.511. The van der Waals surface area contributed by atoms with Crippen molar-refractivity contribution in [2.45, 2.75) is 44.3 Å². The lowest BCUT2D eigenvalue weighted by atomic mass is 9.91. The van der Waals surface area contributed by atoms with Crippen LogP contribution in [0.2, 0.25) is 0 Å². The van der Waals surface area contributed by atoms with Gasteiger partial charge in [-0.25, -0.2) is 0 Å². The van der Waals surface area contributed by atoms with Crippen molar-refractivity contribution in [3.05, 3.63) is 28.0 Å². The van der Waals surface area contributed by atoms with Crippen LogP contribution >= 0.6 is 0 Å². The third-order valence-corrected chi connectivity index (χ3v) is 3.60. The standard InChI is InChI=1S/C12H19N3O3/c1-14(10-4-2-9(13)3-5-10)8-11-6-7-12(18-11)15(16)17/h6-7,9-10H,2-5,8,13H2,1H3.